The van der Waals surface area contributed by atoms with Gasteiger partial charge in [-0.1, -0.05) is 18.2 Å². The topological polar surface area (TPSA) is 101 Å². The second-order valence-corrected chi connectivity index (χ2v) is 6.32. The Morgan fingerprint density at radius 1 is 1.33 bits per heavy atom. The van der Waals surface area contributed by atoms with Gasteiger partial charge in [-0.05, 0) is 25.0 Å². The van der Waals surface area contributed by atoms with E-state index in [1.165, 1.54) is 6.20 Å². The predicted octanol–water partition coefficient (Wildman–Crippen LogP) is 1.39. The SMILES string of the molecule is Cc1cccc(C)c1NS(=O)(=O)c1cnn(CC(=O)O)c1. The van der Waals surface area contributed by atoms with Gasteiger partial charge in [0.1, 0.15) is 11.4 Å². The lowest BCUT2D eigenvalue weighted by Gasteiger charge is -2.11. The van der Waals surface area contributed by atoms with Crippen molar-refractivity contribution >= 4 is 21.7 Å². The first-order chi connectivity index (χ1) is 9.79. The Morgan fingerprint density at radius 3 is 2.52 bits per heavy atom. The first-order valence-corrected chi connectivity index (χ1v) is 7.61. The maximum Gasteiger partial charge on any atom is 0.325 e. The lowest BCUT2D eigenvalue weighted by Crippen LogP contribution is -2.14. The Hall–Kier alpha value is -2.35. The van der Waals surface area contributed by atoms with Gasteiger partial charge in [0.2, 0.25) is 0 Å². The molecule has 2 N–H and O–H groups in total. The molecule has 0 aliphatic rings. The van der Waals surface area contributed by atoms with E-state index < -0.39 is 16.0 Å². The van der Waals surface area contributed by atoms with Crippen molar-refractivity contribution in [2.45, 2.75) is 25.3 Å². The van der Waals surface area contributed by atoms with Gasteiger partial charge in [-0.25, -0.2) is 8.42 Å². The average Bonchev–Trinajstić information content (AvgIpc) is 2.82. The smallest absolute Gasteiger partial charge is 0.325 e. The number of carboxylic acid groups (broad SMARTS) is 1. The molecule has 0 amide bonds. The fourth-order valence-corrected chi connectivity index (χ4v) is 3.03. The highest BCUT2D eigenvalue weighted by molar-refractivity contribution is 7.92. The predicted molar refractivity (Wildman–Crippen MR) is 76.6 cm³/mol. The van der Waals surface area contributed by atoms with Gasteiger partial charge in [0, 0.05) is 6.20 Å². The summed E-state index contributed by atoms with van der Waals surface area (Å²) < 4.78 is 28.2. The molecule has 112 valence electrons. The molecule has 0 unspecified atom stereocenters. The van der Waals surface area contributed by atoms with E-state index in [9.17, 15) is 13.2 Å². The highest BCUT2D eigenvalue weighted by Crippen LogP contribution is 2.23. The number of aryl methyl sites for hydroxylation is 2. The molecular formula is C13H15N3O4S. The first-order valence-electron chi connectivity index (χ1n) is 6.13. The Kier molecular flexibility index (Phi) is 3.99. The fourth-order valence-electron chi connectivity index (χ4n) is 1.88. The molecule has 0 saturated heterocycles. The lowest BCUT2D eigenvalue weighted by molar-refractivity contribution is -0.137. The molecular weight excluding hydrogens is 294 g/mol. The number of para-hydroxylation sites is 1. The van der Waals surface area contributed by atoms with Crippen LogP contribution in [0.25, 0.3) is 0 Å². The second kappa shape index (κ2) is 5.57. The fraction of sp³-hybridized carbons (Fsp3) is 0.231. The van der Waals surface area contributed by atoms with Crippen LogP contribution in [0.4, 0.5) is 5.69 Å². The number of sulfonamides is 1. The monoisotopic (exact) mass is 309 g/mol. The van der Waals surface area contributed by atoms with Crippen LogP contribution >= 0.6 is 0 Å². The quantitative estimate of drug-likeness (QED) is 0.869. The molecule has 0 radical (unpaired) electrons. The summed E-state index contributed by atoms with van der Waals surface area (Å²) in [6.07, 6.45) is 2.31. The van der Waals surface area contributed by atoms with Crippen LogP contribution < -0.4 is 4.72 Å². The van der Waals surface area contributed by atoms with Gasteiger partial charge in [-0.15, -0.1) is 0 Å². The standard InChI is InChI=1S/C13H15N3O4S/c1-9-4-3-5-10(2)13(9)15-21(19,20)11-6-14-16(7-11)8-12(17)18/h3-7,15H,8H2,1-2H3,(H,17,18). The molecule has 0 spiro atoms. The summed E-state index contributed by atoms with van der Waals surface area (Å²) in [5.74, 6) is -1.09. The number of aromatic nitrogens is 2. The van der Waals surface area contributed by atoms with Gasteiger partial charge in [0.15, 0.2) is 0 Å². The van der Waals surface area contributed by atoms with Crippen LogP contribution in [-0.2, 0) is 21.4 Å². The van der Waals surface area contributed by atoms with Crippen LogP contribution in [0.3, 0.4) is 0 Å². The Balaban J connectivity index is 2.30. The third kappa shape index (κ3) is 3.40. The summed E-state index contributed by atoms with van der Waals surface area (Å²) in [5.41, 5.74) is 2.12. The number of nitrogens with zero attached hydrogens (tertiary/aromatic N) is 2. The molecule has 8 heteroatoms. The molecule has 0 atom stereocenters. The number of carboxylic acids is 1. The van der Waals surface area contributed by atoms with Crippen molar-refractivity contribution in [1.82, 2.24) is 9.78 Å². The normalized spacial score (nSPS) is 11.3. The van der Waals surface area contributed by atoms with Crippen molar-refractivity contribution in [3.63, 3.8) is 0 Å². The van der Waals surface area contributed by atoms with E-state index in [2.05, 4.69) is 9.82 Å². The summed E-state index contributed by atoms with van der Waals surface area (Å²) in [6, 6.07) is 5.45. The first kappa shape index (κ1) is 15.0. The number of benzene rings is 1. The van der Waals surface area contributed by atoms with Gasteiger partial charge in [0.05, 0.1) is 11.9 Å². The molecule has 7 nitrogen and oxygen atoms in total. The van der Waals surface area contributed by atoms with E-state index in [1.54, 1.807) is 26.0 Å². The van der Waals surface area contributed by atoms with Crippen molar-refractivity contribution in [3.05, 3.63) is 41.7 Å². The van der Waals surface area contributed by atoms with Crippen molar-refractivity contribution in [1.29, 1.82) is 0 Å². The number of carbonyl (C=O) groups is 1. The summed E-state index contributed by atoms with van der Waals surface area (Å²) >= 11 is 0. The molecule has 0 aliphatic heterocycles. The minimum atomic E-state index is -3.80. The molecule has 0 bridgehead atoms. The highest BCUT2D eigenvalue weighted by atomic mass is 32.2. The van der Waals surface area contributed by atoms with Crippen LogP contribution in [0.2, 0.25) is 0 Å². The summed E-state index contributed by atoms with van der Waals surface area (Å²) in [6.45, 7) is 3.22. The molecule has 2 aromatic rings. The molecule has 0 fully saturated rings. The zero-order valence-corrected chi connectivity index (χ0v) is 12.4. The third-order valence-electron chi connectivity index (χ3n) is 2.93. The van der Waals surface area contributed by atoms with Crippen LogP contribution in [0.1, 0.15) is 11.1 Å². The molecule has 1 heterocycles. The number of aliphatic carboxylic acids is 1. The van der Waals surface area contributed by atoms with E-state index in [0.29, 0.717) is 5.69 Å². The van der Waals surface area contributed by atoms with Gasteiger partial charge in [0.25, 0.3) is 10.0 Å². The van der Waals surface area contributed by atoms with Crippen LogP contribution in [0.15, 0.2) is 35.5 Å². The van der Waals surface area contributed by atoms with Gasteiger partial charge < -0.3 is 5.11 Å². The minimum absolute atomic E-state index is 0.0774. The largest absolute Gasteiger partial charge is 0.480 e. The minimum Gasteiger partial charge on any atom is -0.480 e. The third-order valence-corrected chi connectivity index (χ3v) is 4.24. The van der Waals surface area contributed by atoms with Crippen LogP contribution in [0, 0.1) is 13.8 Å². The van der Waals surface area contributed by atoms with Gasteiger partial charge >= 0.3 is 5.97 Å². The van der Waals surface area contributed by atoms with E-state index in [-0.39, 0.29) is 11.4 Å². The summed E-state index contributed by atoms with van der Waals surface area (Å²) in [7, 11) is -3.80. The van der Waals surface area contributed by atoms with Crippen molar-refractivity contribution in [2.75, 3.05) is 4.72 Å². The molecule has 2 rings (SSSR count). The lowest BCUT2D eigenvalue weighted by atomic mass is 10.1. The zero-order valence-electron chi connectivity index (χ0n) is 11.6. The Labute approximate surface area is 122 Å². The molecule has 1 aromatic heterocycles. The van der Waals surface area contributed by atoms with Crippen molar-refractivity contribution in [3.8, 4) is 0 Å². The van der Waals surface area contributed by atoms with E-state index in [1.807, 2.05) is 6.07 Å². The van der Waals surface area contributed by atoms with Crippen LogP contribution in [0.5, 0.6) is 0 Å². The highest BCUT2D eigenvalue weighted by Gasteiger charge is 2.19. The van der Waals surface area contributed by atoms with Crippen LogP contribution in [-0.4, -0.2) is 29.3 Å². The summed E-state index contributed by atoms with van der Waals surface area (Å²) in [5, 5.41) is 12.4. The Bertz CT molecular complexity index is 760. The number of hydrogen-bond donors (Lipinski definition) is 2. The maximum absolute atomic E-state index is 12.3. The van der Waals surface area contributed by atoms with E-state index in [4.69, 9.17) is 5.11 Å². The van der Waals surface area contributed by atoms with E-state index in [0.717, 1.165) is 22.0 Å². The summed E-state index contributed by atoms with van der Waals surface area (Å²) in [4.78, 5) is 10.5. The molecule has 1 aromatic carbocycles. The average molecular weight is 309 g/mol. The van der Waals surface area contributed by atoms with Gasteiger partial charge in [-0.2, -0.15) is 5.10 Å². The molecule has 0 aliphatic carbocycles. The number of hydrogen-bond acceptors (Lipinski definition) is 4. The Morgan fingerprint density at radius 2 is 1.95 bits per heavy atom. The maximum atomic E-state index is 12.3. The molecule has 21 heavy (non-hydrogen) atoms. The van der Waals surface area contributed by atoms with E-state index >= 15 is 0 Å². The van der Waals surface area contributed by atoms with Crippen molar-refractivity contribution < 1.29 is 18.3 Å². The number of nitrogens with one attached hydrogen (secondary N) is 1. The van der Waals surface area contributed by atoms with Crippen molar-refractivity contribution in [2.24, 2.45) is 0 Å². The second-order valence-electron chi connectivity index (χ2n) is 4.64. The number of rotatable bonds is 5. The van der Waals surface area contributed by atoms with Gasteiger partial charge in [-0.3, -0.25) is 14.2 Å². The molecule has 0 saturated carbocycles. The number of anilines is 1. The zero-order chi connectivity index (χ0) is 15.6.